The minimum Gasteiger partial charge on any atom is -0.313 e. The molecule has 0 radical (unpaired) electrons. The van der Waals surface area contributed by atoms with Crippen molar-refractivity contribution in [2.75, 3.05) is 6.54 Å². The van der Waals surface area contributed by atoms with Crippen LogP contribution in [0.25, 0.3) is 0 Å². The molecule has 0 amide bonds. The van der Waals surface area contributed by atoms with Crippen LogP contribution in [0.1, 0.15) is 23.8 Å². The smallest absolute Gasteiger partial charge is 0.126 e. The number of hydrogen-bond acceptors (Lipinski definition) is 2. The van der Waals surface area contributed by atoms with E-state index in [9.17, 15) is 4.39 Å². The van der Waals surface area contributed by atoms with Crippen molar-refractivity contribution >= 4 is 22.9 Å². The average molecular weight is 312 g/mol. The van der Waals surface area contributed by atoms with E-state index in [0.717, 1.165) is 19.4 Å². The van der Waals surface area contributed by atoms with E-state index in [0.29, 0.717) is 17.0 Å². The summed E-state index contributed by atoms with van der Waals surface area (Å²) < 4.78 is 13.8. The van der Waals surface area contributed by atoms with Gasteiger partial charge in [-0.3, -0.25) is 0 Å². The summed E-state index contributed by atoms with van der Waals surface area (Å²) in [4.78, 5) is 1.32. The molecule has 108 valence electrons. The van der Waals surface area contributed by atoms with E-state index in [1.54, 1.807) is 23.5 Å². The Morgan fingerprint density at radius 1 is 1.30 bits per heavy atom. The van der Waals surface area contributed by atoms with Gasteiger partial charge in [-0.2, -0.15) is 0 Å². The summed E-state index contributed by atoms with van der Waals surface area (Å²) in [6.45, 7) is 3.08. The maximum absolute atomic E-state index is 13.8. The molecule has 1 heterocycles. The minimum atomic E-state index is -0.177. The molecule has 0 aliphatic heterocycles. The highest BCUT2D eigenvalue weighted by Gasteiger charge is 2.13. The zero-order valence-electron chi connectivity index (χ0n) is 11.5. The first-order valence-corrected chi connectivity index (χ1v) is 8.14. The predicted molar refractivity (Wildman–Crippen MR) is 85.2 cm³/mol. The number of nitrogens with one attached hydrogen (secondary N) is 1. The van der Waals surface area contributed by atoms with Crippen molar-refractivity contribution in [3.63, 3.8) is 0 Å². The molecular formula is C16H19ClFNS. The van der Waals surface area contributed by atoms with E-state index in [1.165, 1.54) is 10.9 Å². The van der Waals surface area contributed by atoms with Gasteiger partial charge in [-0.25, -0.2) is 4.39 Å². The fourth-order valence-electron chi connectivity index (χ4n) is 2.20. The molecule has 0 spiro atoms. The third-order valence-electron chi connectivity index (χ3n) is 3.18. The van der Waals surface area contributed by atoms with E-state index in [2.05, 4.69) is 29.8 Å². The maximum Gasteiger partial charge on any atom is 0.126 e. The summed E-state index contributed by atoms with van der Waals surface area (Å²) in [5.41, 5.74) is 0.683. The minimum absolute atomic E-state index is 0.177. The van der Waals surface area contributed by atoms with Gasteiger partial charge in [-0.15, -0.1) is 11.3 Å². The standard InChI is InChI=1S/C16H19ClFNS/c1-2-7-19-14(11-15-4-3-8-20-15)10-12-9-13(17)5-6-16(12)18/h3-6,8-9,14,19H,2,7,10-11H2,1H3. The zero-order valence-corrected chi connectivity index (χ0v) is 13.1. The van der Waals surface area contributed by atoms with Crippen molar-refractivity contribution in [1.29, 1.82) is 0 Å². The van der Waals surface area contributed by atoms with E-state index in [4.69, 9.17) is 11.6 Å². The average Bonchev–Trinajstić information content (AvgIpc) is 2.93. The third-order valence-corrected chi connectivity index (χ3v) is 4.32. The molecule has 4 heteroatoms. The summed E-state index contributed by atoms with van der Waals surface area (Å²) in [5.74, 6) is -0.177. The van der Waals surface area contributed by atoms with Gasteiger partial charge in [0.1, 0.15) is 5.82 Å². The molecule has 0 fully saturated rings. The normalized spacial score (nSPS) is 12.6. The Labute approximate surface area is 128 Å². The van der Waals surface area contributed by atoms with Gasteiger partial charge in [-0.05, 0) is 61.0 Å². The highest BCUT2D eigenvalue weighted by Crippen LogP contribution is 2.19. The predicted octanol–water partition coefficient (Wildman–Crippen LogP) is 4.69. The Morgan fingerprint density at radius 3 is 2.85 bits per heavy atom. The molecule has 1 N–H and O–H groups in total. The van der Waals surface area contributed by atoms with Crippen molar-refractivity contribution in [2.45, 2.75) is 32.2 Å². The highest BCUT2D eigenvalue weighted by atomic mass is 35.5. The molecule has 0 saturated carbocycles. The molecule has 0 saturated heterocycles. The lowest BCUT2D eigenvalue weighted by atomic mass is 10.0. The maximum atomic E-state index is 13.8. The third kappa shape index (κ3) is 4.58. The lowest BCUT2D eigenvalue weighted by Crippen LogP contribution is -2.33. The summed E-state index contributed by atoms with van der Waals surface area (Å²) in [7, 11) is 0. The molecule has 2 rings (SSSR count). The second-order valence-corrected chi connectivity index (χ2v) is 6.34. The lowest BCUT2D eigenvalue weighted by molar-refractivity contribution is 0.494. The van der Waals surface area contributed by atoms with Crippen molar-refractivity contribution < 1.29 is 4.39 Å². The van der Waals surface area contributed by atoms with Gasteiger partial charge in [0.05, 0.1) is 0 Å². The number of hydrogen-bond donors (Lipinski definition) is 1. The van der Waals surface area contributed by atoms with Crippen LogP contribution in [0.15, 0.2) is 35.7 Å². The van der Waals surface area contributed by atoms with Crippen LogP contribution in [0.4, 0.5) is 4.39 Å². The molecule has 0 aliphatic rings. The van der Waals surface area contributed by atoms with E-state index < -0.39 is 0 Å². The number of rotatable bonds is 7. The van der Waals surface area contributed by atoms with Crippen molar-refractivity contribution in [3.05, 3.63) is 57.0 Å². The van der Waals surface area contributed by atoms with Crippen molar-refractivity contribution in [3.8, 4) is 0 Å². The van der Waals surface area contributed by atoms with Crippen LogP contribution in [0.2, 0.25) is 5.02 Å². The Hall–Kier alpha value is -0.900. The lowest BCUT2D eigenvalue weighted by Gasteiger charge is -2.18. The zero-order chi connectivity index (χ0) is 14.4. The topological polar surface area (TPSA) is 12.0 Å². The summed E-state index contributed by atoms with van der Waals surface area (Å²) in [6, 6.07) is 9.18. The van der Waals surface area contributed by atoms with Gasteiger partial charge in [0.15, 0.2) is 0 Å². The Kier molecular flexibility index (Phi) is 6.02. The van der Waals surface area contributed by atoms with Crippen LogP contribution < -0.4 is 5.32 Å². The van der Waals surface area contributed by atoms with Gasteiger partial charge >= 0.3 is 0 Å². The molecule has 1 unspecified atom stereocenters. The molecule has 0 bridgehead atoms. The first-order valence-electron chi connectivity index (χ1n) is 6.88. The Bertz CT molecular complexity index is 527. The SMILES string of the molecule is CCCNC(Cc1cccs1)Cc1cc(Cl)ccc1F. The quantitative estimate of drug-likeness (QED) is 0.782. The fraction of sp³-hybridized carbons (Fsp3) is 0.375. The largest absolute Gasteiger partial charge is 0.313 e. The Morgan fingerprint density at radius 2 is 2.15 bits per heavy atom. The van der Waals surface area contributed by atoms with Gasteiger partial charge in [0.2, 0.25) is 0 Å². The molecular weight excluding hydrogens is 293 g/mol. The number of benzene rings is 1. The molecule has 2 aromatic rings. The van der Waals surface area contributed by atoms with Gasteiger partial charge in [-0.1, -0.05) is 24.6 Å². The first kappa shape index (κ1) is 15.5. The first-order chi connectivity index (χ1) is 9.69. The molecule has 1 aromatic heterocycles. The summed E-state index contributed by atoms with van der Waals surface area (Å²) >= 11 is 7.71. The van der Waals surface area contributed by atoms with Crippen molar-refractivity contribution in [2.24, 2.45) is 0 Å². The van der Waals surface area contributed by atoms with Gasteiger partial charge in [0.25, 0.3) is 0 Å². The van der Waals surface area contributed by atoms with Crippen LogP contribution in [0.5, 0.6) is 0 Å². The van der Waals surface area contributed by atoms with E-state index >= 15 is 0 Å². The van der Waals surface area contributed by atoms with Crippen LogP contribution >= 0.6 is 22.9 Å². The fourth-order valence-corrected chi connectivity index (χ4v) is 3.18. The van der Waals surface area contributed by atoms with Crippen LogP contribution in [-0.4, -0.2) is 12.6 Å². The summed E-state index contributed by atoms with van der Waals surface area (Å²) in [5, 5.41) is 6.16. The molecule has 1 atom stereocenters. The molecule has 1 aromatic carbocycles. The van der Waals surface area contributed by atoms with Crippen LogP contribution in [0.3, 0.4) is 0 Å². The molecule has 1 nitrogen and oxygen atoms in total. The van der Waals surface area contributed by atoms with E-state index in [-0.39, 0.29) is 11.9 Å². The number of halogens is 2. The number of thiophene rings is 1. The second kappa shape index (κ2) is 7.77. The Balaban J connectivity index is 2.08. The highest BCUT2D eigenvalue weighted by molar-refractivity contribution is 7.09. The molecule has 0 aliphatic carbocycles. The monoisotopic (exact) mass is 311 g/mol. The summed E-state index contributed by atoms with van der Waals surface area (Å²) in [6.07, 6.45) is 2.65. The van der Waals surface area contributed by atoms with Crippen LogP contribution in [-0.2, 0) is 12.8 Å². The van der Waals surface area contributed by atoms with Gasteiger partial charge < -0.3 is 5.32 Å². The molecule has 20 heavy (non-hydrogen) atoms. The van der Waals surface area contributed by atoms with Gasteiger partial charge in [0, 0.05) is 15.9 Å². The van der Waals surface area contributed by atoms with Crippen LogP contribution in [0, 0.1) is 5.82 Å². The van der Waals surface area contributed by atoms with Crippen molar-refractivity contribution in [1.82, 2.24) is 5.32 Å². The van der Waals surface area contributed by atoms with E-state index in [1.807, 2.05) is 0 Å². The second-order valence-electron chi connectivity index (χ2n) is 4.87.